The molecule has 0 spiro atoms. The molecule has 0 aromatic heterocycles. The molecule has 1 aliphatic heterocycles. The van der Waals surface area contributed by atoms with Crippen molar-refractivity contribution >= 4 is 33.4 Å². The molecule has 1 aliphatic rings. The molecule has 0 bridgehead atoms. The zero-order valence-corrected chi connectivity index (χ0v) is 14.9. The number of morpholine rings is 1. The van der Waals surface area contributed by atoms with Crippen molar-refractivity contribution in [1.82, 2.24) is 4.90 Å². The molecule has 1 saturated heterocycles. The summed E-state index contributed by atoms with van der Waals surface area (Å²) in [7, 11) is 0. The third kappa shape index (κ3) is 4.34. The molecule has 1 fully saturated rings. The van der Waals surface area contributed by atoms with Gasteiger partial charge in [-0.1, -0.05) is 51.8 Å². The molecule has 120 valence electrons. The van der Waals surface area contributed by atoms with E-state index in [1.54, 1.807) is 0 Å². The van der Waals surface area contributed by atoms with E-state index in [4.69, 9.17) is 16.3 Å². The summed E-state index contributed by atoms with van der Waals surface area (Å²) < 4.78 is 6.85. The summed E-state index contributed by atoms with van der Waals surface area (Å²) in [5, 5.41) is 0.683. The minimum atomic E-state index is -0.0737. The highest BCUT2D eigenvalue weighted by Gasteiger charge is 2.25. The number of halogens is 2. The topological polar surface area (TPSA) is 29.5 Å². The molecule has 3 rings (SSSR count). The van der Waals surface area contributed by atoms with Crippen molar-refractivity contribution in [3.63, 3.8) is 0 Å². The number of carbonyl (C=O) groups is 1. The molecule has 1 unspecified atom stereocenters. The molecule has 1 amide bonds. The Morgan fingerprint density at radius 2 is 2.04 bits per heavy atom. The first kappa shape index (κ1) is 16.5. The van der Waals surface area contributed by atoms with Crippen LogP contribution < -0.4 is 0 Å². The lowest BCUT2D eigenvalue weighted by Crippen LogP contribution is -2.42. The highest BCUT2D eigenvalue weighted by atomic mass is 79.9. The number of rotatable bonds is 3. The summed E-state index contributed by atoms with van der Waals surface area (Å²) in [6.45, 7) is 1.78. The SMILES string of the molecule is O=C(Cc1ccc(Cl)cc1)N1CCOC(c2cccc(Br)c2)C1. The third-order valence-electron chi connectivity index (χ3n) is 3.91. The Morgan fingerprint density at radius 3 is 2.78 bits per heavy atom. The average molecular weight is 395 g/mol. The quantitative estimate of drug-likeness (QED) is 0.779. The Bertz CT molecular complexity index is 690. The van der Waals surface area contributed by atoms with Crippen LogP contribution in [0.25, 0.3) is 0 Å². The zero-order valence-electron chi connectivity index (χ0n) is 12.5. The molecule has 2 aromatic rings. The first-order chi connectivity index (χ1) is 11.1. The van der Waals surface area contributed by atoms with E-state index in [2.05, 4.69) is 15.9 Å². The van der Waals surface area contributed by atoms with Gasteiger partial charge in [0.15, 0.2) is 0 Å². The summed E-state index contributed by atoms with van der Waals surface area (Å²) in [5.41, 5.74) is 2.06. The van der Waals surface area contributed by atoms with Gasteiger partial charge in [-0.25, -0.2) is 0 Å². The minimum Gasteiger partial charge on any atom is -0.370 e. The molecule has 2 aromatic carbocycles. The summed E-state index contributed by atoms with van der Waals surface area (Å²) in [6.07, 6.45) is 0.318. The van der Waals surface area contributed by atoms with Crippen LogP contribution in [0.4, 0.5) is 0 Å². The number of amides is 1. The van der Waals surface area contributed by atoms with Crippen molar-refractivity contribution in [1.29, 1.82) is 0 Å². The fourth-order valence-corrected chi connectivity index (χ4v) is 3.22. The van der Waals surface area contributed by atoms with Crippen LogP contribution in [0.15, 0.2) is 53.0 Å². The van der Waals surface area contributed by atoms with Crippen LogP contribution in [0, 0.1) is 0 Å². The van der Waals surface area contributed by atoms with E-state index < -0.39 is 0 Å². The first-order valence-corrected chi connectivity index (χ1v) is 8.68. The molecular formula is C18H17BrClNO2. The van der Waals surface area contributed by atoms with Gasteiger partial charge in [-0.3, -0.25) is 4.79 Å². The van der Waals surface area contributed by atoms with E-state index in [1.807, 2.05) is 53.4 Å². The van der Waals surface area contributed by atoms with Crippen LogP contribution in [-0.2, 0) is 16.0 Å². The molecule has 23 heavy (non-hydrogen) atoms. The van der Waals surface area contributed by atoms with E-state index in [9.17, 15) is 4.79 Å². The second kappa shape index (κ2) is 7.47. The van der Waals surface area contributed by atoms with Crippen molar-refractivity contribution in [2.45, 2.75) is 12.5 Å². The molecule has 1 atom stereocenters. The molecule has 0 N–H and O–H groups in total. The molecule has 0 aliphatic carbocycles. The summed E-state index contributed by atoms with van der Waals surface area (Å²) in [6, 6.07) is 15.5. The number of hydrogen-bond donors (Lipinski definition) is 0. The lowest BCUT2D eigenvalue weighted by molar-refractivity contribution is -0.138. The van der Waals surface area contributed by atoms with Crippen LogP contribution in [0.1, 0.15) is 17.2 Å². The standard InChI is InChI=1S/C18H17BrClNO2/c19-15-3-1-2-14(11-15)17-12-21(8-9-23-17)18(22)10-13-4-6-16(20)7-5-13/h1-7,11,17H,8-10,12H2. The van der Waals surface area contributed by atoms with Gasteiger partial charge in [0.1, 0.15) is 6.10 Å². The summed E-state index contributed by atoms with van der Waals surface area (Å²) >= 11 is 9.36. The van der Waals surface area contributed by atoms with Gasteiger partial charge in [0.2, 0.25) is 5.91 Å². The van der Waals surface area contributed by atoms with Crippen LogP contribution >= 0.6 is 27.5 Å². The lowest BCUT2D eigenvalue weighted by Gasteiger charge is -2.33. The van der Waals surface area contributed by atoms with Crippen molar-refractivity contribution in [3.8, 4) is 0 Å². The Hall–Kier alpha value is -1.36. The van der Waals surface area contributed by atoms with Crippen molar-refractivity contribution in [2.24, 2.45) is 0 Å². The highest BCUT2D eigenvalue weighted by Crippen LogP contribution is 2.25. The van der Waals surface area contributed by atoms with Gasteiger partial charge < -0.3 is 9.64 Å². The fraction of sp³-hybridized carbons (Fsp3) is 0.278. The largest absolute Gasteiger partial charge is 0.370 e. The van der Waals surface area contributed by atoms with Gasteiger partial charge in [0.05, 0.1) is 19.6 Å². The Labute approximate surface area is 149 Å². The van der Waals surface area contributed by atoms with Crippen molar-refractivity contribution in [3.05, 3.63) is 69.2 Å². The van der Waals surface area contributed by atoms with Crippen LogP contribution in [-0.4, -0.2) is 30.5 Å². The van der Waals surface area contributed by atoms with Gasteiger partial charge in [0.25, 0.3) is 0 Å². The monoisotopic (exact) mass is 393 g/mol. The predicted molar refractivity (Wildman–Crippen MR) is 94.6 cm³/mol. The van der Waals surface area contributed by atoms with Gasteiger partial charge in [-0.15, -0.1) is 0 Å². The predicted octanol–water partition coefficient (Wildman–Crippen LogP) is 4.25. The number of carbonyl (C=O) groups excluding carboxylic acids is 1. The van der Waals surface area contributed by atoms with E-state index in [-0.39, 0.29) is 12.0 Å². The maximum absolute atomic E-state index is 12.5. The summed E-state index contributed by atoms with van der Waals surface area (Å²) in [4.78, 5) is 14.4. The molecule has 1 heterocycles. The van der Waals surface area contributed by atoms with Crippen LogP contribution in [0.5, 0.6) is 0 Å². The smallest absolute Gasteiger partial charge is 0.227 e. The van der Waals surface area contributed by atoms with Gasteiger partial charge in [-0.2, -0.15) is 0 Å². The maximum Gasteiger partial charge on any atom is 0.227 e. The number of nitrogens with zero attached hydrogens (tertiary/aromatic N) is 1. The Morgan fingerprint density at radius 1 is 1.26 bits per heavy atom. The normalized spacial score (nSPS) is 18.0. The first-order valence-electron chi connectivity index (χ1n) is 7.51. The van der Waals surface area contributed by atoms with Crippen molar-refractivity contribution in [2.75, 3.05) is 19.7 Å². The van der Waals surface area contributed by atoms with Gasteiger partial charge >= 0.3 is 0 Å². The molecule has 0 saturated carbocycles. The van der Waals surface area contributed by atoms with Crippen molar-refractivity contribution < 1.29 is 9.53 Å². The number of ether oxygens (including phenoxy) is 1. The van der Waals surface area contributed by atoms with E-state index in [0.717, 1.165) is 15.6 Å². The fourth-order valence-electron chi connectivity index (χ4n) is 2.67. The van der Waals surface area contributed by atoms with E-state index >= 15 is 0 Å². The molecule has 3 nitrogen and oxygen atoms in total. The van der Waals surface area contributed by atoms with Crippen LogP contribution in [0.3, 0.4) is 0 Å². The highest BCUT2D eigenvalue weighted by molar-refractivity contribution is 9.10. The van der Waals surface area contributed by atoms with Gasteiger partial charge in [0, 0.05) is 16.0 Å². The lowest BCUT2D eigenvalue weighted by atomic mass is 10.1. The minimum absolute atomic E-state index is 0.0737. The van der Waals surface area contributed by atoms with E-state index in [0.29, 0.717) is 31.1 Å². The second-order valence-electron chi connectivity index (χ2n) is 5.56. The Balaban J connectivity index is 1.65. The van der Waals surface area contributed by atoms with E-state index in [1.165, 1.54) is 0 Å². The third-order valence-corrected chi connectivity index (χ3v) is 4.65. The molecule has 0 radical (unpaired) electrons. The average Bonchev–Trinajstić information content (AvgIpc) is 2.57. The molecule has 5 heteroatoms. The number of hydrogen-bond acceptors (Lipinski definition) is 2. The zero-order chi connectivity index (χ0) is 16.2. The number of benzene rings is 2. The summed E-state index contributed by atoms with van der Waals surface area (Å²) in [5.74, 6) is 0.121. The second-order valence-corrected chi connectivity index (χ2v) is 6.91. The van der Waals surface area contributed by atoms with Crippen LogP contribution in [0.2, 0.25) is 5.02 Å². The Kier molecular flexibility index (Phi) is 5.36. The molecular weight excluding hydrogens is 378 g/mol. The maximum atomic E-state index is 12.5. The van der Waals surface area contributed by atoms with Gasteiger partial charge in [-0.05, 0) is 35.4 Å².